The molecular formula is C14H16N+. The van der Waals surface area contributed by atoms with Gasteiger partial charge in [-0.25, -0.2) is 4.57 Å². The van der Waals surface area contributed by atoms with Crippen LogP contribution in [0.25, 0.3) is 0 Å². The summed E-state index contributed by atoms with van der Waals surface area (Å²) in [5, 5.41) is 0. The SMILES string of the molecule is CC(c1ccccc1)c1cc[n+](C)cc1. The van der Waals surface area contributed by atoms with Crippen LogP contribution in [0.4, 0.5) is 0 Å². The summed E-state index contributed by atoms with van der Waals surface area (Å²) >= 11 is 0. The van der Waals surface area contributed by atoms with Crippen LogP contribution < -0.4 is 4.57 Å². The Kier molecular flexibility index (Phi) is 2.82. The Bertz CT molecular complexity index is 417. The molecule has 1 heteroatoms. The van der Waals surface area contributed by atoms with Gasteiger partial charge in [-0.05, 0) is 11.1 Å². The van der Waals surface area contributed by atoms with Gasteiger partial charge in [0, 0.05) is 18.1 Å². The van der Waals surface area contributed by atoms with Crippen LogP contribution in [0.2, 0.25) is 0 Å². The lowest BCUT2D eigenvalue weighted by molar-refractivity contribution is -0.671. The van der Waals surface area contributed by atoms with Gasteiger partial charge < -0.3 is 0 Å². The lowest BCUT2D eigenvalue weighted by atomic mass is 9.94. The highest BCUT2D eigenvalue weighted by Crippen LogP contribution is 2.22. The highest BCUT2D eigenvalue weighted by Gasteiger charge is 2.08. The quantitative estimate of drug-likeness (QED) is 0.653. The number of aromatic nitrogens is 1. The van der Waals surface area contributed by atoms with E-state index in [0.29, 0.717) is 5.92 Å². The molecule has 0 saturated carbocycles. The molecule has 0 aliphatic rings. The van der Waals surface area contributed by atoms with Gasteiger partial charge in [0.15, 0.2) is 12.4 Å². The zero-order valence-electron chi connectivity index (χ0n) is 9.22. The summed E-state index contributed by atoms with van der Waals surface area (Å²) in [6.07, 6.45) is 4.18. The molecule has 0 fully saturated rings. The monoisotopic (exact) mass is 198 g/mol. The Balaban J connectivity index is 2.29. The Morgan fingerprint density at radius 1 is 0.867 bits per heavy atom. The van der Waals surface area contributed by atoms with E-state index in [1.54, 1.807) is 0 Å². The number of nitrogens with zero attached hydrogens (tertiary/aromatic N) is 1. The number of pyridine rings is 1. The van der Waals surface area contributed by atoms with Crippen LogP contribution in [0, 0.1) is 0 Å². The maximum Gasteiger partial charge on any atom is 0.168 e. The molecular weight excluding hydrogens is 182 g/mol. The number of aryl methyl sites for hydroxylation is 1. The summed E-state index contributed by atoms with van der Waals surface area (Å²) in [4.78, 5) is 0. The molecule has 0 saturated heterocycles. The third-order valence-electron chi connectivity index (χ3n) is 2.80. The average molecular weight is 198 g/mol. The largest absolute Gasteiger partial charge is 0.208 e. The van der Waals surface area contributed by atoms with Crippen molar-refractivity contribution in [2.75, 3.05) is 0 Å². The summed E-state index contributed by atoms with van der Waals surface area (Å²) in [6, 6.07) is 15.0. The second kappa shape index (κ2) is 4.26. The summed E-state index contributed by atoms with van der Waals surface area (Å²) in [5.41, 5.74) is 2.73. The van der Waals surface area contributed by atoms with Crippen LogP contribution in [-0.4, -0.2) is 0 Å². The number of hydrogen-bond donors (Lipinski definition) is 0. The van der Waals surface area contributed by atoms with Crippen LogP contribution in [0.1, 0.15) is 24.0 Å². The van der Waals surface area contributed by atoms with Crippen LogP contribution in [0.15, 0.2) is 54.9 Å². The van der Waals surface area contributed by atoms with E-state index in [1.807, 2.05) is 7.05 Å². The maximum absolute atomic E-state index is 2.24. The first-order valence-electron chi connectivity index (χ1n) is 5.27. The normalized spacial score (nSPS) is 12.4. The second-order valence-corrected chi connectivity index (χ2v) is 3.93. The van der Waals surface area contributed by atoms with Gasteiger partial charge in [-0.1, -0.05) is 37.3 Å². The van der Waals surface area contributed by atoms with Crippen molar-refractivity contribution in [1.82, 2.24) is 0 Å². The Morgan fingerprint density at radius 2 is 1.40 bits per heavy atom. The first-order chi connectivity index (χ1) is 7.27. The average Bonchev–Trinajstić information content (AvgIpc) is 2.30. The van der Waals surface area contributed by atoms with Crippen molar-refractivity contribution in [3.63, 3.8) is 0 Å². The molecule has 0 bridgehead atoms. The predicted molar refractivity (Wildman–Crippen MR) is 61.6 cm³/mol. The van der Waals surface area contributed by atoms with E-state index in [9.17, 15) is 0 Å². The molecule has 0 amide bonds. The molecule has 2 aromatic rings. The van der Waals surface area contributed by atoms with Gasteiger partial charge in [0.25, 0.3) is 0 Å². The third kappa shape index (κ3) is 2.24. The predicted octanol–water partition coefficient (Wildman–Crippen LogP) is 2.66. The summed E-state index contributed by atoms with van der Waals surface area (Å²) < 4.78 is 2.06. The number of rotatable bonds is 2. The maximum atomic E-state index is 2.24. The summed E-state index contributed by atoms with van der Waals surface area (Å²) in [6.45, 7) is 2.24. The smallest absolute Gasteiger partial charge is 0.168 e. The lowest BCUT2D eigenvalue weighted by Gasteiger charge is -2.10. The zero-order chi connectivity index (χ0) is 10.7. The number of benzene rings is 1. The fourth-order valence-corrected chi connectivity index (χ4v) is 1.74. The van der Waals surface area contributed by atoms with Crippen LogP contribution >= 0.6 is 0 Å². The Labute approximate surface area is 91.0 Å². The van der Waals surface area contributed by atoms with Gasteiger partial charge in [0.2, 0.25) is 0 Å². The molecule has 0 aliphatic heterocycles. The third-order valence-corrected chi connectivity index (χ3v) is 2.80. The van der Waals surface area contributed by atoms with Crippen LogP contribution in [0.3, 0.4) is 0 Å². The van der Waals surface area contributed by atoms with Crippen molar-refractivity contribution in [1.29, 1.82) is 0 Å². The molecule has 0 aliphatic carbocycles. The topological polar surface area (TPSA) is 3.88 Å². The molecule has 0 N–H and O–H groups in total. The molecule has 0 radical (unpaired) electrons. The summed E-state index contributed by atoms with van der Waals surface area (Å²) in [5.74, 6) is 0.465. The number of hydrogen-bond acceptors (Lipinski definition) is 0. The molecule has 76 valence electrons. The van der Waals surface area contributed by atoms with E-state index in [2.05, 4.69) is 66.3 Å². The molecule has 1 nitrogen and oxygen atoms in total. The van der Waals surface area contributed by atoms with E-state index < -0.39 is 0 Å². The first-order valence-corrected chi connectivity index (χ1v) is 5.27. The minimum absolute atomic E-state index is 0.465. The molecule has 1 heterocycles. The first kappa shape index (κ1) is 9.91. The molecule has 1 unspecified atom stereocenters. The van der Waals surface area contributed by atoms with Crippen LogP contribution in [0.5, 0.6) is 0 Å². The van der Waals surface area contributed by atoms with E-state index in [1.165, 1.54) is 11.1 Å². The molecule has 2 rings (SSSR count). The Morgan fingerprint density at radius 3 is 2.00 bits per heavy atom. The Hall–Kier alpha value is -1.63. The van der Waals surface area contributed by atoms with Crippen molar-refractivity contribution in [2.24, 2.45) is 7.05 Å². The van der Waals surface area contributed by atoms with Gasteiger partial charge in [0.05, 0.1) is 0 Å². The molecule has 1 atom stereocenters. The van der Waals surface area contributed by atoms with Crippen molar-refractivity contribution in [3.05, 3.63) is 66.0 Å². The van der Waals surface area contributed by atoms with Crippen molar-refractivity contribution in [2.45, 2.75) is 12.8 Å². The highest BCUT2D eigenvalue weighted by molar-refractivity contribution is 5.29. The van der Waals surface area contributed by atoms with E-state index in [0.717, 1.165) is 0 Å². The molecule has 1 aromatic heterocycles. The van der Waals surface area contributed by atoms with Gasteiger partial charge >= 0.3 is 0 Å². The fourth-order valence-electron chi connectivity index (χ4n) is 1.74. The highest BCUT2D eigenvalue weighted by atomic mass is 14.9. The van der Waals surface area contributed by atoms with E-state index >= 15 is 0 Å². The fraction of sp³-hybridized carbons (Fsp3) is 0.214. The second-order valence-electron chi connectivity index (χ2n) is 3.93. The molecule has 15 heavy (non-hydrogen) atoms. The standard InChI is InChI=1S/C14H16N/c1-12(13-6-4-3-5-7-13)14-8-10-15(2)11-9-14/h3-12H,1-2H3/q+1. The van der Waals surface area contributed by atoms with Gasteiger partial charge in [-0.3, -0.25) is 0 Å². The molecule has 1 aromatic carbocycles. The minimum atomic E-state index is 0.465. The van der Waals surface area contributed by atoms with E-state index in [4.69, 9.17) is 0 Å². The van der Waals surface area contributed by atoms with Crippen molar-refractivity contribution < 1.29 is 4.57 Å². The summed E-state index contributed by atoms with van der Waals surface area (Å²) in [7, 11) is 2.04. The van der Waals surface area contributed by atoms with Gasteiger partial charge in [0.1, 0.15) is 7.05 Å². The molecule has 0 spiro atoms. The zero-order valence-corrected chi connectivity index (χ0v) is 9.22. The van der Waals surface area contributed by atoms with Crippen molar-refractivity contribution in [3.8, 4) is 0 Å². The van der Waals surface area contributed by atoms with Crippen molar-refractivity contribution >= 4 is 0 Å². The van der Waals surface area contributed by atoms with Gasteiger partial charge in [-0.15, -0.1) is 0 Å². The van der Waals surface area contributed by atoms with E-state index in [-0.39, 0.29) is 0 Å². The minimum Gasteiger partial charge on any atom is -0.208 e. The lowest BCUT2D eigenvalue weighted by Crippen LogP contribution is -2.26. The van der Waals surface area contributed by atoms with Crippen LogP contribution in [-0.2, 0) is 7.05 Å². The van der Waals surface area contributed by atoms with Gasteiger partial charge in [-0.2, -0.15) is 0 Å².